The van der Waals surface area contributed by atoms with E-state index in [4.69, 9.17) is 4.74 Å². The molecule has 1 aliphatic heterocycles. The molecule has 0 radical (unpaired) electrons. The molecule has 0 aromatic carbocycles. The lowest BCUT2D eigenvalue weighted by molar-refractivity contribution is -0.125. The molecule has 2 aromatic heterocycles. The van der Waals surface area contributed by atoms with E-state index in [1.54, 1.807) is 23.5 Å². The number of nitrogens with zero attached hydrogens (tertiary/aromatic N) is 4. The molecular formula is C18H24N4O5S. The van der Waals surface area contributed by atoms with Gasteiger partial charge in [0.05, 0.1) is 25.1 Å². The first kappa shape index (κ1) is 20.3. The summed E-state index contributed by atoms with van der Waals surface area (Å²) < 4.78 is 7.90. The highest BCUT2D eigenvalue weighted by Crippen LogP contribution is 2.30. The molecule has 28 heavy (non-hydrogen) atoms. The van der Waals surface area contributed by atoms with Crippen LogP contribution in [-0.2, 0) is 29.2 Å². The van der Waals surface area contributed by atoms with Crippen LogP contribution < -0.4 is 11.2 Å². The summed E-state index contributed by atoms with van der Waals surface area (Å²) in [5, 5.41) is 0.507. The van der Waals surface area contributed by atoms with Crippen molar-refractivity contribution >= 4 is 33.5 Å². The number of hydrogen-bond acceptors (Lipinski definition) is 6. The van der Waals surface area contributed by atoms with Crippen molar-refractivity contribution in [1.82, 2.24) is 18.9 Å². The Morgan fingerprint density at radius 3 is 2.46 bits per heavy atom. The van der Waals surface area contributed by atoms with Crippen molar-refractivity contribution in [2.75, 3.05) is 26.8 Å². The Morgan fingerprint density at radius 2 is 1.89 bits per heavy atom. The van der Waals surface area contributed by atoms with Gasteiger partial charge in [0, 0.05) is 38.5 Å². The highest BCUT2D eigenvalue weighted by molar-refractivity contribution is 7.18. The zero-order chi connectivity index (χ0) is 20.6. The molecule has 3 rings (SSSR count). The van der Waals surface area contributed by atoms with Gasteiger partial charge in [-0.15, -0.1) is 11.3 Å². The second-order valence-corrected chi connectivity index (χ2v) is 7.77. The van der Waals surface area contributed by atoms with Crippen LogP contribution in [0.15, 0.2) is 9.59 Å². The number of ether oxygens (including phenoxy) is 1. The van der Waals surface area contributed by atoms with E-state index in [1.165, 1.54) is 27.7 Å². The first-order chi connectivity index (χ1) is 13.3. The van der Waals surface area contributed by atoms with Crippen LogP contribution in [0.2, 0.25) is 0 Å². The van der Waals surface area contributed by atoms with E-state index in [0.717, 1.165) is 10.4 Å². The first-order valence-corrected chi connectivity index (χ1v) is 9.95. The number of hydrogen-bond donors (Lipinski definition) is 0. The van der Waals surface area contributed by atoms with Crippen LogP contribution >= 0.6 is 11.3 Å². The third-order valence-corrected chi connectivity index (χ3v) is 6.34. The minimum Gasteiger partial charge on any atom is -0.383 e. The van der Waals surface area contributed by atoms with Gasteiger partial charge < -0.3 is 9.64 Å². The third-order valence-electron chi connectivity index (χ3n) is 5.04. The van der Waals surface area contributed by atoms with Gasteiger partial charge in [-0.2, -0.15) is 0 Å². The summed E-state index contributed by atoms with van der Waals surface area (Å²) in [7, 11) is 1.56. The SMILES string of the molecule is CCn1c(=O)c2c(C)c(CN3CCN(C(C)=O)C3=O)sc2n(CCOC)c1=O. The summed E-state index contributed by atoms with van der Waals surface area (Å²) in [5.74, 6) is -0.278. The molecule has 0 atom stereocenters. The topological polar surface area (TPSA) is 93.9 Å². The van der Waals surface area contributed by atoms with E-state index in [-0.39, 0.29) is 29.7 Å². The maximum atomic E-state index is 12.9. The Labute approximate surface area is 165 Å². The van der Waals surface area contributed by atoms with Gasteiger partial charge in [0.1, 0.15) is 4.83 Å². The fraction of sp³-hybridized carbons (Fsp3) is 0.556. The molecular weight excluding hydrogens is 384 g/mol. The number of thiophene rings is 1. The van der Waals surface area contributed by atoms with Crippen molar-refractivity contribution in [2.24, 2.45) is 0 Å². The van der Waals surface area contributed by atoms with Gasteiger partial charge in [-0.1, -0.05) is 0 Å². The number of carbonyl (C=O) groups excluding carboxylic acids is 2. The summed E-state index contributed by atoms with van der Waals surface area (Å²) in [5.41, 5.74) is 0.103. The first-order valence-electron chi connectivity index (χ1n) is 9.13. The van der Waals surface area contributed by atoms with Crippen LogP contribution in [0, 0.1) is 6.92 Å². The maximum Gasteiger partial charge on any atom is 0.332 e. The maximum absolute atomic E-state index is 12.9. The number of fused-ring (bicyclic) bond motifs is 1. The Hall–Kier alpha value is -2.46. The van der Waals surface area contributed by atoms with Crippen LogP contribution in [0.4, 0.5) is 4.79 Å². The number of methoxy groups -OCH3 is 1. The Balaban J connectivity index is 2.09. The van der Waals surface area contributed by atoms with Crippen molar-refractivity contribution in [3.63, 3.8) is 0 Å². The lowest BCUT2D eigenvalue weighted by atomic mass is 10.2. The van der Waals surface area contributed by atoms with E-state index < -0.39 is 0 Å². The van der Waals surface area contributed by atoms with E-state index in [9.17, 15) is 19.2 Å². The number of urea groups is 1. The number of aromatic nitrogens is 2. The molecule has 0 N–H and O–H groups in total. The van der Waals surface area contributed by atoms with Crippen LogP contribution in [0.5, 0.6) is 0 Å². The minimum absolute atomic E-state index is 0.278. The molecule has 9 nitrogen and oxygen atoms in total. The van der Waals surface area contributed by atoms with Gasteiger partial charge in [0.15, 0.2) is 0 Å². The molecule has 152 valence electrons. The van der Waals surface area contributed by atoms with Crippen molar-refractivity contribution in [1.29, 1.82) is 0 Å². The molecule has 3 heterocycles. The molecule has 1 saturated heterocycles. The van der Waals surface area contributed by atoms with Crippen LogP contribution in [0.25, 0.3) is 10.2 Å². The molecule has 0 saturated carbocycles. The van der Waals surface area contributed by atoms with Crippen LogP contribution in [0.3, 0.4) is 0 Å². The van der Waals surface area contributed by atoms with E-state index in [1.807, 2.05) is 6.92 Å². The number of rotatable bonds is 6. The van der Waals surface area contributed by atoms with Crippen molar-refractivity contribution in [3.8, 4) is 0 Å². The molecule has 0 bridgehead atoms. The fourth-order valence-electron chi connectivity index (χ4n) is 3.44. The van der Waals surface area contributed by atoms with Crippen molar-refractivity contribution in [3.05, 3.63) is 31.3 Å². The third kappa shape index (κ3) is 3.26. The van der Waals surface area contributed by atoms with E-state index >= 15 is 0 Å². The number of aryl methyl sites for hydroxylation is 1. The average molecular weight is 408 g/mol. The molecule has 1 fully saturated rings. The van der Waals surface area contributed by atoms with Crippen LogP contribution in [0.1, 0.15) is 24.3 Å². The molecule has 0 aliphatic carbocycles. The monoisotopic (exact) mass is 408 g/mol. The number of imide groups is 1. The predicted molar refractivity (Wildman–Crippen MR) is 106 cm³/mol. The zero-order valence-electron chi connectivity index (χ0n) is 16.5. The summed E-state index contributed by atoms with van der Waals surface area (Å²) >= 11 is 1.34. The smallest absolute Gasteiger partial charge is 0.332 e. The van der Waals surface area contributed by atoms with Gasteiger partial charge in [-0.25, -0.2) is 9.59 Å². The largest absolute Gasteiger partial charge is 0.383 e. The molecule has 3 amide bonds. The molecule has 10 heteroatoms. The highest BCUT2D eigenvalue weighted by atomic mass is 32.1. The normalized spacial score (nSPS) is 14.5. The van der Waals surface area contributed by atoms with Gasteiger partial charge >= 0.3 is 11.7 Å². The Morgan fingerprint density at radius 1 is 1.18 bits per heavy atom. The number of amides is 3. The Bertz CT molecular complexity index is 1050. The summed E-state index contributed by atoms with van der Waals surface area (Å²) in [4.78, 5) is 53.8. The number of carbonyl (C=O) groups is 2. The van der Waals surface area contributed by atoms with E-state index in [2.05, 4.69) is 0 Å². The van der Waals surface area contributed by atoms with Crippen molar-refractivity contribution in [2.45, 2.75) is 40.4 Å². The minimum atomic E-state index is -0.357. The van der Waals surface area contributed by atoms with E-state index in [0.29, 0.717) is 43.0 Å². The summed E-state index contributed by atoms with van der Waals surface area (Å²) in [6.45, 7) is 7.05. The summed E-state index contributed by atoms with van der Waals surface area (Å²) in [6.07, 6.45) is 0. The summed E-state index contributed by atoms with van der Waals surface area (Å²) in [6, 6.07) is -0.327. The van der Waals surface area contributed by atoms with Crippen LogP contribution in [-0.4, -0.2) is 57.7 Å². The second-order valence-electron chi connectivity index (χ2n) is 6.68. The lowest BCUT2D eigenvalue weighted by Crippen LogP contribution is -2.39. The lowest BCUT2D eigenvalue weighted by Gasteiger charge is -2.16. The van der Waals surface area contributed by atoms with Gasteiger partial charge in [-0.3, -0.25) is 23.6 Å². The quantitative estimate of drug-likeness (QED) is 0.710. The zero-order valence-corrected chi connectivity index (χ0v) is 17.3. The van der Waals surface area contributed by atoms with Crippen molar-refractivity contribution < 1.29 is 14.3 Å². The molecule has 0 spiro atoms. The second kappa shape index (κ2) is 7.88. The molecule has 0 unspecified atom stereocenters. The van der Waals surface area contributed by atoms with Gasteiger partial charge in [0.25, 0.3) is 5.56 Å². The Kier molecular flexibility index (Phi) is 5.71. The van der Waals surface area contributed by atoms with Gasteiger partial charge in [0.2, 0.25) is 5.91 Å². The van der Waals surface area contributed by atoms with Gasteiger partial charge in [-0.05, 0) is 19.4 Å². The molecule has 2 aromatic rings. The standard InChI is InChI=1S/C18H24N4O5S/c1-5-20-15(24)14-11(2)13(10-19-6-7-21(12(3)23)17(19)25)28-16(14)22(18(20)26)8-9-27-4/h5-10H2,1-4H3. The highest BCUT2D eigenvalue weighted by Gasteiger charge is 2.32. The fourth-order valence-corrected chi connectivity index (χ4v) is 4.78. The molecule has 1 aliphatic rings. The predicted octanol–water partition coefficient (Wildman–Crippen LogP) is 0.984. The average Bonchev–Trinajstić information content (AvgIpc) is 3.17.